The highest BCUT2D eigenvalue weighted by molar-refractivity contribution is 7.16. The molecule has 7 heteroatoms. The Morgan fingerprint density at radius 3 is 2.38 bits per heavy atom. The van der Waals surface area contributed by atoms with Gasteiger partial charge < -0.3 is 14.8 Å². The van der Waals surface area contributed by atoms with Gasteiger partial charge in [0.1, 0.15) is 5.92 Å². The molecule has 0 saturated heterocycles. The molecule has 0 unspecified atom stereocenters. The van der Waals surface area contributed by atoms with Gasteiger partial charge in [0.05, 0.1) is 25.8 Å². The zero-order valence-corrected chi connectivity index (χ0v) is 16.1. The molecule has 0 saturated carbocycles. The van der Waals surface area contributed by atoms with E-state index in [2.05, 4.69) is 10.3 Å². The normalized spacial score (nSPS) is 21.6. The number of carbonyl (C=O) groups excluding carboxylic acids is 2. The molecule has 138 valence electrons. The predicted molar refractivity (Wildman–Crippen MR) is 99.5 cm³/mol. The van der Waals surface area contributed by atoms with Crippen molar-refractivity contribution in [1.82, 2.24) is 4.98 Å². The molecule has 3 rings (SSSR count). The third-order valence-electron chi connectivity index (χ3n) is 4.86. The SMILES string of the molecule is CNc1nc2c(s1)[C@H](C(=O)OC)[C@@H](C(=O)OC)[C@H](c1ccc(C)cc1)C2. The van der Waals surface area contributed by atoms with E-state index in [-0.39, 0.29) is 5.92 Å². The van der Waals surface area contributed by atoms with Gasteiger partial charge >= 0.3 is 11.9 Å². The van der Waals surface area contributed by atoms with Gasteiger partial charge in [-0.15, -0.1) is 11.3 Å². The van der Waals surface area contributed by atoms with Crippen LogP contribution in [0.4, 0.5) is 5.13 Å². The lowest BCUT2D eigenvalue weighted by Gasteiger charge is -2.34. The van der Waals surface area contributed by atoms with E-state index < -0.39 is 23.8 Å². The fraction of sp³-hybridized carbons (Fsp3) is 0.421. The Hall–Kier alpha value is -2.41. The number of benzene rings is 1. The molecule has 0 radical (unpaired) electrons. The van der Waals surface area contributed by atoms with Crippen molar-refractivity contribution in [3.8, 4) is 0 Å². The van der Waals surface area contributed by atoms with Gasteiger partial charge in [0.2, 0.25) is 0 Å². The quantitative estimate of drug-likeness (QED) is 0.829. The first-order chi connectivity index (χ1) is 12.5. The highest BCUT2D eigenvalue weighted by Gasteiger charge is 2.48. The van der Waals surface area contributed by atoms with Crippen LogP contribution in [0.1, 0.15) is 33.5 Å². The first kappa shape index (κ1) is 18.4. The molecule has 0 spiro atoms. The van der Waals surface area contributed by atoms with Gasteiger partial charge in [0, 0.05) is 17.8 Å². The summed E-state index contributed by atoms with van der Waals surface area (Å²) in [6.07, 6.45) is 0.573. The highest BCUT2D eigenvalue weighted by Crippen LogP contribution is 2.48. The van der Waals surface area contributed by atoms with E-state index in [0.29, 0.717) is 6.42 Å². The van der Waals surface area contributed by atoms with E-state index in [0.717, 1.165) is 26.8 Å². The molecular weight excluding hydrogens is 352 g/mol. The first-order valence-corrected chi connectivity index (χ1v) is 9.21. The Labute approximate surface area is 156 Å². The van der Waals surface area contributed by atoms with Gasteiger partial charge in [-0.2, -0.15) is 0 Å². The number of hydrogen-bond donors (Lipinski definition) is 1. The Bertz CT molecular complexity index is 815. The number of fused-ring (bicyclic) bond motifs is 1. The van der Waals surface area contributed by atoms with Crippen LogP contribution in [0.15, 0.2) is 24.3 Å². The monoisotopic (exact) mass is 374 g/mol. The van der Waals surface area contributed by atoms with Crippen molar-refractivity contribution in [2.24, 2.45) is 5.92 Å². The molecular formula is C19H22N2O4S. The molecule has 1 aromatic heterocycles. The summed E-state index contributed by atoms with van der Waals surface area (Å²) in [5.74, 6) is -2.41. The maximum absolute atomic E-state index is 12.7. The summed E-state index contributed by atoms with van der Waals surface area (Å²) >= 11 is 1.39. The average molecular weight is 374 g/mol. The second-order valence-electron chi connectivity index (χ2n) is 6.35. The maximum atomic E-state index is 12.7. The second-order valence-corrected chi connectivity index (χ2v) is 7.38. The molecule has 6 nitrogen and oxygen atoms in total. The van der Waals surface area contributed by atoms with Crippen molar-refractivity contribution in [3.63, 3.8) is 0 Å². The molecule has 1 aliphatic rings. The van der Waals surface area contributed by atoms with Crippen LogP contribution in [0.25, 0.3) is 0 Å². The minimum Gasteiger partial charge on any atom is -0.469 e. The summed E-state index contributed by atoms with van der Waals surface area (Å²) < 4.78 is 10.1. The van der Waals surface area contributed by atoms with Crippen LogP contribution in [-0.4, -0.2) is 38.2 Å². The number of nitrogens with one attached hydrogen (secondary N) is 1. The number of esters is 2. The summed E-state index contributed by atoms with van der Waals surface area (Å²) in [6, 6.07) is 8.01. The van der Waals surface area contributed by atoms with Gasteiger partial charge in [-0.05, 0) is 18.9 Å². The van der Waals surface area contributed by atoms with Crippen molar-refractivity contribution >= 4 is 28.4 Å². The molecule has 0 aliphatic heterocycles. The minimum atomic E-state index is -0.720. The first-order valence-electron chi connectivity index (χ1n) is 8.39. The zero-order valence-electron chi connectivity index (χ0n) is 15.2. The molecule has 1 aromatic carbocycles. The molecule has 1 heterocycles. The van der Waals surface area contributed by atoms with Crippen LogP contribution in [0.3, 0.4) is 0 Å². The number of carbonyl (C=O) groups is 2. The Morgan fingerprint density at radius 2 is 1.81 bits per heavy atom. The highest BCUT2D eigenvalue weighted by atomic mass is 32.1. The third kappa shape index (κ3) is 3.19. The van der Waals surface area contributed by atoms with Crippen molar-refractivity contribution in [3.05, 3.63) is 46.0 Å². The molecule has 3 atom stereocenters. The van der Waals surface area contributed by atoms with Crippen LogP contribution < -0.4 is 5.32 Å². The summed E-state index contributed by atoms with van der Waals surface area (Å²) in [6.45, 7) is 2.01. The number of hydrogen-bond acceptors (Lipinski definition) is 7. The maximum Gasteiger partial charge on any atom is 0.314 e. The smallest absolute Gasteiger partial charge is 0.314 e. The second kappa shape index (κ2) is 7.45. The number of ether oxygens (including phenoxy) is 2. The number of anilines is 1. The lowest BCUT2D eigenvalue weighted by atomic mass is 9.70. The number of methoxy groups -OCH3 is 2. The Kier molecular flexibility index (Phi) is 5.27. The minimum absolute atomic E-state index is 0.202. The van der Waals surface area contributed by atoms with Gasteiger partial charge in [-0.25, -0.2) is 4.98 Å². The van der Waals surface area contributed by atoms with E-state index in [1.807, 2.05) is 31.2 Å². The third-order valence-corrected chi connectivity index (χ3v) is 6.06. The fourth-order valence-corrected chi connectivity index (χ4v) is 4.63. The Balaban J connectivity index is 2.15. The predicted octanol–water partition coefficient (Wildman–Crippen LogP) is 2.88. The summed E-state index contributed by atoms with van der Waals surface area (Å²) in [5.41, 5.74) is 2.96. The zero-order chi connectivity index (χ0) is 18.8. The van der Waals surface area contributed by atoms with Gasteiger partial charge in [-0.3, -0.25) is 9.59 Å². The molecule has 1 aliphatic carbocycles. The van der Waals surface area contributed by atoms with Crippen molar-refractivity contribution in [2.75, 3.05) is 26.6 Å². The van der Waals surface area contributed by atoms with E-state index in [1.165, 1.54) is 25.6 Å². The molecule has 0 bridgehead atoms. The topological polar surface area (TPSA) is 77.5 Å². The largest absolute Gasteiger partial charge is 0.469 e. The summed E-state index contributed by atoms with van der Waals surface area (Å²) in [7, 11) is 4.47. The van der Waals surface area contributed by atoms with Gasteiger partial charge in [0.15, 0.2) is 5.13 Å². The standard InChI is InChI=1S/C19H22N2O4S/c1-10-5-7-11(8-6-10)12-9-13-16(26-19(20-2)21-13)15(18(23)25-4)14(12)17(22)24-3/h5-8,12,14-15H,9H2,1-4H3,(H,20,21)/t12-,14-,15+/m0/s1. The van der Waals surface area contributed by atoms with Crippen LogP contribution in [0.2, 0.25) is 0 Å². The van der Waals surface area contributed by atoms with Crippen molar-refractivity contribution in [2.45, 2.75) is 25.2 Å². The molecule has 0 amide bonds. The molecule has 0 fully saturated rings. The number of rotatable bonds is 4. The van der Waals surface area contributed by atoms with E-state index in [9.17, 15) is 9.59 Å². The Morgan fingerprint density at radius 1 is 1.15 bits per heavy atom. The van der Waals surface area contributed by atoms with Gasteiger partial charge in [-0.1, -0.05) is 29.8 Å². The van der Waals surface area contributed by atoms with Gasteiger partial charge in [0.25, 0.3) is 0 Å². The average Bonchev–Trinajstić information content (AvgIpc) is 3.08. The summed E-state index contributed by atoms with van der Waals surface area (Å²) in [4.78, 5) is 30.7. The number of aryl methyl sites for hydroxylation is 1. The van der Waals surface area contributed by atoms with Crippen molar-refractivity contribution in [1.29, 1.82) is 0 Å². The number of thiazole rings is 1. The van der Waals surface area contributed by atoms with Crippen molar-refractivity contribution < 1.29 is 19.1 Å². The van der Waals surface area contributed by atoms with Crippen LogP contribution in [-0.2, 0) is 25.5 Å². The number of nitrogens with zero attached hydrogens (tertiary/aromatic N) is 1. The number of aromatic nitrogens is 1. The summed E-state index contributed by atoms with van der Waals surface area (Å²) in [5, 5.41) is 3.74. The van der Waals surface area contributed by atoms with Crippen LogP contribution in [0.5, 0.6) is 0 Å². The van der Waals surface area contributed by atoms with E-state index in [4.69, 9.17) is 9.47 Å². The fourth-order valence-electron chi connectivity index (χ4n) is 3.55. The molecule has 2 aromatic rings. The van der Waals surface area contributed by atoms with E-state index >= 15 is 0 Å². The molecule has 26 heavy (non-hydrogen) atoms. The van der Waals surface area contributed by atoms with Crippen LogP contribution in [0, 0.1) is 12.8 Å². The van der Waals surface area contributed by atoms with Crippen LogP contribution >= 0.6 is 11.3 Å². The lowest BCUT2D eigenvalue weighted by Crippen LogP contribution is -2.38. The molecule has 1 N–H and O–H groups in total. The lowest BCUT2D eigenvalue weighted by molar-refractivity contribution is -0.155. The van der Waals surface area contributed by atoms with E-state index in [1.54, 1.807) is 7.05 Å².